The molecule has 1 aromatic rings. The smallest absolute Gasteiger partial charge is 0.191 e. The van der Waals surface area contributed by atoms with E-state index in [0.29, 0.717) is 42.2 Å². The van der Waals surface area contributed by atoms with E-state index in [0.717, 1.165) is 36.6 Å². The van der Waals surface area contributed by atoms with E-state index in [9.17, 15) is 0 Å². The van der Waals surface area contributed by atoms with Crippen LogP contribution >= 0.6 is 23.4 Å². The minimum absolute atomic E-state index is 0.492. The van der Waals surface area contributed by atoms with Gasteiger partial charge in [0.2, 0.25) is 0 Å². The van der Waals surface area contributed by atoms with E-state index >= 15 is 0 Å². The maximum atomic E-state index is 6.29. The summed E-state index contributed by atoms with van der Waals surface area (Å²) in [7, 11) is 0. The minimum Gasteiger partial charge on any atom is -0.489 e. The van der Waals surface area contributed by atoms with Crippen molar-refractivity contribution < 1.29 is 9.47 Å². The highest BCUT2D eigenvalue weighted by molar-refractivity contribution is 7.99. The highest BCUT2D eigenvalue weighted by Crippen LogP contribution is 2.38. The predicted octanol–water partition coefficient (Wildman–Crippen LogP) is 2.36. The third kappa shape index (κ3) is 3.73. The summed E-state index contributed by atoms with van der Waals surface area (Å²) in [5.74, 6) is 4.14. The molecule has 2 heterocycles. The number of hydrogen-bond acceptors (Lipinski definition) is 4. The second kappa shape index (κ2) is 7.33. The molecule has 0 saturated carbocycles. The zero-order chi connectivity index (χ0) is 15.4. The molecule has 0 spiro atoms. The van der Waals surface area contributed by atoms with Gasteiger partial charge in [-0.2, -0.15) is 11.8 Å². The summed E-state index contributed by atoms with van der Waals surface area (Å²) in [5, 5.41) is 0.567. The number of fused-ring (bicyclic) bond motifs is 1. The van der Waals surface area contributed by atoms with Gasteiger partial charge in [0.1, 0.15) is 0 Å². The topological polar surface area (TPSA) is 60.1 Å². The van der Waals surface area contributed by atoms with Crippen LogP contribution < -0.4 is 15.2 Å². The SMILES string of the molecule is NC(=NCc1cc(Cl)c2c(c1)OCCCO2)N1CCSCC1. The second-order valence-corrected chi connectivity index (χ2v) is 6.86. The lowest BCUT2D eigenvalue weighted by molar-refractivity contribution is 0.297. The first kappa shape index (κ1) is 15.6. The van der Waals surface area contributed by atoms with Crippen LogP contribution in [0.5, 0.6) is 11.5 Å². The van der Waals surface area contributed by atoms with Crippen molar-refractivity contribution in [3.8, 4) is 11.5 Å². The van der Waals surface area contributed by atoms with Gasteiger partial charge < -0.3 is 20.1 Å². The number of guanidine groups is 1. The summed E-state index contributed by atoms with van der Waals surface area (Å²) in [4.78, 5) is 6.61. The molecule has 1 aromatic carbocycles. The molecule has 120 valence electrons. The van der Waals surface area contributed by atoms with E-state index in [2.05, 4.69) is 9.89 Å². The molecular weight excluding hydrogens is 322 g/mol. The Bertz CT molecular complexity index is 562. The van der Waals surface area contributed by atoms with Gasteiger partial charge in [0, 0.05) is 31.0 Å². The van der Waals surface area contributed by atoms with E-state index in [1.807, 2.05) is 23.9 Å². The highest BCUT2D eigenvalue weighted by Gasteiger charge is 2.16. The van der Waals surface area contributed by atoms with Gasteiger partial charge in [0.25, 0.3) is 0 Å². The second-order valence-electron chi connectivity index (χ2n) is 5.23. The van der Waals surface area contributed by atoms with Crippen LogP contribution in [0.1, 0.15) is 12.0 Å². The van der Waals surface area contributed by atoms with Gasteiger partial charge in [-0.3, -0.25) is 0 Å². The Morgan fingerprint density at radius 3 is 2.86 bits per heavy atom. The Morgan fingerprint density at radius 1 is 1.27 bits per heavy atom. The summed E-state index contributed by atoms with van der Waals surface area (Å²) in [6.45, 7) is 3.68. The number of halogens is 1. The van der Waals surface area contributed by atoms with Crippen molar-refractivity contribution in [1.82, 2.24) is 4.90 Å². The number of hydrogen-bond donors (Lipinski definition) is 1. The fourth-order valence-electron chi connectivity index (χ4n) is 2.44. The van der Waals surface area contributed by atoms with Crippen molar-refractivity contribution >= 4 is 29.3 Å². The maximum Gasteiger partial charge on any atom is 0.191 e. The molecule has 0 atom stereocenters. The summed E-state index contributed by atoms with van der Waals surface area (Å²) < 4.78 is 11.3. The number of nitrogens with two attached hydrogens (primary N) is 1. The Morgan fingerprint density at radius 2 is 2.05 bits per heavy atom. The molecule has 0 aromatic heterocycles. The third-order valence-electron chi connectivity index (χ3n) is 3.62. The molecule has 0 unspecified atom stereocenters. The Kier molecular flexibility index (Phi) is 5.20. The average Bonchev–Trinajstić information content (AvgIpc) is 2.79. The molecular formula is C15H20ClN3O2S. The van der Waals surface area contributed by atoms with Crippen LogP contribution in [0.25, 0.3) is 0 Å². The van der Waals surface area contributed by atoms with Crippen molar-refractivity contribution in [1.29, 1.82) is 0 Å². The number of benzene rings is 1. The van der Waals surface area contributed by atoms with Crippen LogP contribution in [0.3, 0.4) is 0 Å². The van der Waals surface area contributed by atoms with Gasteiger partial charge in [-0.25, -0.2) is 4.99 Å². The zero-order valence-corrected chi connectivity index (χ0v) is 14.0. The Balaban J connectivity index is 1.72. The van der Waals surface area contributed by atoms with Crippen LogP contribution in [0.2, 0.25) is 5.02 Å². The molecule has 1 fully saturated rings. The Labute approximate surface area is 139 Å². The molecule has 7 heteroatoms. The zero-order valence-electron chi connectivity index (χ0n) is 12.4. The number of aliphatic imine (C=N–C) groups is 1. The van der Waals surface area contributed by atoms with E-state index < -0.39 is 0 Å². The number of rotatable bonds is 2. The molecule has 22 heavy (non-hydrogen) atoms. The molecule has 0 aliphatic carbocycles. The summed E-state index contributed by atoms with van der Waals surface area (Å²) in [6.07, 6.45) is 0.860. The van der Waals surface area contributed by atoms with Crippen LogP contribution in [-0.4, -0.2) is 48.7 Å². The van der Waals surface area contributed by atoms with Gasteiger partial charge in [0.05, 0.1) is 24.8 Å². The lowest BCUT2D eigenvalue weighted by Crippen LogP contribution is -2.42. The average molecular weight is 342 g/mol. The monoisotopic (exact) mass is 341 g/mol. The summed E-state index contributed by atoms with van der Waals surface area (Å²) >= 11 is 8.24. The fraction of sp³-hybridized carbons (Fsp3) is 0.533. The predicted molar refractivity (Wildman–Crippen MR) is 91.3 cm³/mol. The molecule has 3 rings (SSSR count). The van der Waals surface area contributed by atoms with Gasteiger partial charge >= 0.3 is 0 Å². The van der Waals surface area contributed by atoms with Gasteiger partial charge in [-0.05, 0) is 17.7 Å². The fourth-order valence-corrected chi connectivity index (χ4v) is 3.63. The molecule has 2 N–H and O–H groups in total. The summed E-state index contributed by atoms with van der Waals surface area (Å²) in [5.41, 5.74) is 7.05. The van der Waals surface area contributed by atoms with E-state index in [1.54, 1.807) is 0 Å². The van der Waals surface area contributed by atoms with Crippen molar-refractivity contribution in [3.05, 3.63) is 22.7 Å². The van der Waals surface area contributed by atoms with E-state index in [-0.39, 0.29) is 0 Å². The van der Waals surface area contributed by atoms with Gasteiger partial charge in [-0.15, -0.1) is 0 Å². The molecule has 5 nitrogen and oxygen atoms in total. The molecule has 0 radical (unpaired) electrons. The number of ether oxygens (including phenoxy) is 2. The molecule has 0 amide bonds. The van der Waals surface area contributed by atoms with Crippen molar-refractivity contribution in [3.63, 3.8) is 0 Å². The lowest BCUT2D eigenvalue weighted by Gasteiger charge is -2.27. The van der Waals surface area contributed by atoms with Crippen molar-refractivity contribution in [2.45, 2.75) is 13.0 Å². The first-order chi connectivity index (χ1) is 10.7. The van der Waals surface area contributed by atoms with Gasteiger partial charge in [0.15, 0.2) is 17.5 Å². The Hall–Kier alpha value is -1.27. The largest absolute Gasteiger partial charge is 0.489 e. The van der Waals surface area contributed by atoms with E-state index in [4.69, 9.17) is 26.8 Å². The molecule has 2 aliphatic rings. The van der Waals surface area contributed by atoms with Crippen LogP contribution in [0.4, 0.5) is 0 Å². The first-order valence-electron chi connectivity index (χ1n) is 7.44. The summed E-state index contributed by atoms with van der Waals surface area (Å²) in [6, 6.07) is 3.81. The highest BCUT2D eigenvalue weighted by atomic mass is 35.5. The van der Waals surface area contributed by atoms with Crippen LogP contribution in [0, 0.1) is 0 Å². The molecule has 2 aliphatic heterocycles. The quantitative estimate of drug-likeness (QED) is 0.661. The van der Waals surface area contributed by atoms with Crippen LogP contribution in [0.15, 0.2) is 17.1 Å². The van der Waals surface area contributed by atoms with Crippen molar-refractivity contribution in [2.24, 2.45) is 10.7 Å². The van der Waals surface area contributed by atoms with Gasteiger partial charge in [-0.1, -0.05) is 11.6 Å². The molecule has 1 saturated heterocycles. The number of thioether (sulfide) groups is 1. The maximum absolute atomic E-state index is 6.29. The van der Waals surface area contributed by atoms with Crippen molar-refractivity contribution in [2.75, 3.05) is 37.8 Å². The van der Waals surface area contributed by atoms with Crippen LogP contribution in [-0.2, 0) is 6.54 Å². The number of nitrogens with zero attached hydrogens (tertiary/aromatic N) is 2. The lowest BCUT2D eigenvalue weighted by atomic mass is 10.2. The standard InChI is InChI=1S/C15H20ClN3O2S/c16-12-8-11(9-13-14(12)21-5-1-4-20-13)10-18-15(17)19-2-6-22-7-3-19/h8-9H,1-7,10H2,(H2,17,18). The third-order valence-corrected chi connectivity index (χ3v) is 4.84. The van der Waals surface area contributed by atoms with E-state index in [1.165, 1.54) is 0 Å². The normalized spacial score (nSPS) is 19.0. The minimum atomic E-state index is 0.492. The first-order valence-corrected chi connectivity index (χ1v) is 8.98. The molecule has 0 bridgehead atoms.